The van der Waals surface area contributed by atoms with Crippen LogP contribution in [-0.2, 0) is 9.53 Å². The molecule has 15 heavy (non-hydrogen) atoms. The van der Waals surface area contributed by atoms with E-state index in [0.29, 0.717) is 0 Å². The summed E-state index contributed by atoms with van der Waals surface area (Å²) in [7, 11) is 1.29. The molecule has 1 rings (SSSR count). The highest BCUT2D eigenvalue weighted by Gasteiger charge is 2.10. The number of carbonyl (C=O) groups excluding carboxylic acids is 2. The van der Waals surface area contributed by atoms with E-state index in [1.54, 1.807) is 0 Å². The summed E-state index contributed by atoms with van der Waals surface area (Å²) in [5.41, 5.74) is 0. The number of hydrogen-bond donors (Lipinski definition) is 1. The number of halogens is 1. The molecule has 0 unspecified atom stereocenters. The summed E-state index contributed by atoms with van der Waals surface area (Å²) in [6, 6.07) is 2.92. The lowest BCUT2D eigenvalue weighted by molar-refractivity contribution is -0.140. The Morgan fingerprint density at radius 3 is 2.80 bits per heavy atom. The summed E-state index contributed by atoms with van der Waals surface area (Å²) < 4.78 is 9.27. The first-order valence-electron chi connectivity index (χ1n) is 4.24. The Morgan fingerprint density at radius 2 is 2.27 bits per heavy atom. The number of furan rings is 1. The molecule has 82 valence electrons. The zero-order valence-electron chi connectivity index (χ0n) is 8.08. The average Bonchev–Trinajstić information content (AvgIpc) is 2.64. The minimum atomic E-state index is -0.411. The average molecular weight is 232 g/mol. The third kappa shape index (κ3) is 3.63. The third-order valence-corrected chi connectivity index (χ3v) is 1.84. The Kier molecular flexibility index (Phi) is 4.17. The van der Waals surface area contributed by atoms with Gasteiger partial charge in [0.2, 0.25) is 0 Å². The quantitative estimate of drug-likeness (QED) is 0.792. The number of rotatable bonds is 4. The maximum absolute atomic E-state index is 11.3. The number of methoxy groups -OCH3 is 1. The number of carbonyl (C=O) groups is 2. The molecule has 1 N–H and O–H groups in total. The lowest BCUT2D eigenvalue weighted by Crippen LogP contribution is -2.25. The van der Waals surface area contributed by atoms with Gasteiger partial charge in [-0.25, -0.2) is 0 Å². The molecule has 0 saturated carbocycles. The molecule has 0 aliphatic carbocycles. The second kappa shape index (κ2) is 5.41. The van der Waals surface area contributed by atoms with Crippen molar-refractivity contribution in [1.82, 2.24) is 5.32 Å². The molecule has 0 saturated heterocycles. The molecule has 0 atom stereocenters. The lowest BCUT2D eigenvalue weighted by Gasteiger charge is -2.01. The van der Waals surface area contributed by atoms with Gasteiger partial charge in [-0.1, -0.05) is 0 Å². The lowest BCUT2D eigenvalue weighted by atomic mass is 10.4. The second-order valence-electron chi connectivity index (χ2n) is 2.69. The standard InChI is InChI=1S/C9H10ClNO4/c1-14-8(12)4-5-11-9(13)6-2-3-7(10)15-6/h2-3H,4-5H2,1H3,(H,11,13). The van der Waals surface area contributed by atoms with Crippen LogP contribution in [0.5, 0.6) is 0 Å². The fourth-order valence-corrected chi connectivity index (χ4v) is 1.05. The van der Waals surface area contributed by atoms with Crippen LogP contribution >= 0.6 is 11.6 Å². The molecule has 0 fully saturated rings. The fraction of sp³-hybridized carbons (Fsp3) is 0.333. The Labute approximate surface area is 91.3 Å². The molecule has 0 radical (unpaired) electrons. The van der Waals surface area contributed by atoms with Gasteiger partial charge in [0.05, 0.1) is 13.5 Å². The van der Waals surface area contributed by atoms with Gasteiger partial charge >= 0.3 is 5.97 Å². The molecular weight excluding hydrogens is 222 g/mol. The van der Waals surface area contributed by atoms with Crippen LogP contribution in [0.2, 0.25) is 5.22 Å². The van der Waals surface area contributed by atoms with Crippen LogP contribution in [0.25, 0.3) is 0 Å². The largest absolute Gasteiger partial charge is 0.469 e. The highest BCUT2D eigenvalue weighted by atomic mass is 35.5. The molecule has 6 heteroatoms. The van der Waals surface area contributed by atoms with E-state index in [4.69, 9.17) is 16.0 Å². The van der Waals surface area contributed by atoms with Crippen LogP contribution in [0.4, 0.5) is 0 Å². The number of esters is 1. The van der Waals surface area contributed by atoms with Crippen LogP contribution in [0.3, 0.4) is 0 Å². The van der Waals surface area contributed by atoms with Crippen molar-refractivity contribution in [2.75, 3.05) is 13.7 Å². The predicted molar refractivity (Wildman–Crippen MR) is 52.7 cm³/mol. The van der Waals surface area contributed by atoms with Crippen LogP contribution in [0, 0.1) is 0 Å². The van der Waals surface area contributed by atoms with Gasteiger partial charge < -0.3 is 14.5 Å². The molecule has 0 aliphatic rings. The van der Waals surface area contributed by atoms with Crippen LogP contribution < -0.4 is 5.32 Å². The molecular formula is C9H10ClNO4. The summed E-state index contributed by atoms with van der Waals surface area (Å²) in [6.45, 7) is 0.198. The first-order valence-corrected chi connectivity index (χ1v) is 4.61. The third-order valence-electron chi connectivity index (χ3n) is 1.64. The summed E-state index contributed by atoms with van der Waals surface area (Å²) in [4.78, 5) is 22.0. The maximum Gasteiger partial charge on any atom is 0.307 e. The van der Waals surface area contributed by atoms with Crippen molar-refractivity contribution >= 4 is 23.5 Å². The number of hydrogen-bond acceptors (Lipinski definition) is 4. The normalized spacial score (nSPS) is 9.73. The van der Waals surface area contributed by atoms with E-state index >= 15 is 0 Å². The number of amides is 1. The van der Waals surface area contributed by atoms with E-state index in [9.17, 15) is 9.59 Å². The van der Waals surface area contributed by atoms with E-state index in [1.165, 1.54) is 19.2 Å². The van der Waals surface area contributed by atoms with Gasteiger partial charge in [0.15, 0.2) is 11.0 Å². The van der Waals surface area contributed by atoms with E-state index in [1.807, 2.05) is 0 Å². The Bertz CT molecular complexity index is 361. The summed E-state index contributed by atoms with van der Waals surface area (Å²) in [6.07, 6.45) is 0.122. The zero-order valence-corrected chi connectivity index (χ0v) is 8.84. The molecule has 1 aromatic rings. The topological polar surface area (TPSA) is 68.5 Å². The Hall–Kier alpha value is -1.49. The van der Waals surface area contributed by atoms with Gasteiger partial charge in [0.1, 0.15) is 0 Å². The van der Waals surface area contributed by atoms with Crippen LogP contribution in [-0.4, -0.2) is 25.5 Å². The monoisotopic (exact) mass is 231 g/mol. The number of ether oxygens (including phenoxy) is 1. The van der Waals surface area contributed by atoms with Gasteiger partial charge in [-0.15, -0.1) is 0 Å². The van der Waals surface area contributed by atoms with Crippen molar-refractivity contribution in [1.29, 1.82) is 0 Å². The highest BCUT2D eigenvalue weighted by Crippen LogP contribution is 2.12. The van der Waals surface area contributed by atoms with Crippen molar-refractivity contribution in [2.24, 2.45) is 0 Å². The van der Waals surface area contributed by atoms with Gasteiger partial charge in [-0.05, 0) is 23.7 Å². The van der Waals surface area contributed by atoms with Crippen molar-refractivity contribution in [2.45, 2.75) is 6.42 Å². The smallest absolute Gasteiger partial charge is 0.307 e. The molecule has 0 bridgehead atoms. The number of nitrogens with one attached hydrogen (secondary N) is 1. The molecule has 0 aliphatic heterocycles. The SMILES string of the molecule is COC(=O)CCNC(=O)c1ccc(Cl)o1. The van der Waals surface area contributed by atoms with Crippen molar-refractivity contribution in [3.8, 4) is 0 Å². The van der Waals surface area contributed by atoms with Crippen LogP contribution in [0.1, 0.15) is 17.0 Å². The van der Waals surface area contributed by atoms with Crippen LogP contribution in [0.15, 0.2) is 16.5 Å². The van der Waals surface area contributed by atoms with Gasteiger partial charge in [0, 0.05) is 6.54 Å². The van der Waals surface area contributed by atoms with Crippen molar-refractivity contribution < 1.29 is 18.7 Å². The van der Waals surface area contributed by atoms with E-state index in [2.05, 4.69) is 10.1 Å². The van der Waals surface area contributed by atoms with Gasteiger partial charge in [0.25, 0.3) is 5.91 Å². The Balaban J connectivity index is 2.34. The predicted octanol–water partition coefficient (Wildman–Crippen LogP) is 1.23. The molecule has 1 amide bonds. The minimum absolute atomic E-state index is 0.116. The van der Waals surface area contributed by atoms with Gasteiger partial charge in [-0.2, -0.15) is 0 Å². The first-order chi connectivity index (χ1) is 7.13. The second-order valence-corrected chi connectivity index (χ2v) is 3.06. The van der Waals surface area contributed by atoms with E-state index in [0.717, 1.165) is 0 Å². The summed E-state index contributed by atoms with van der Waals surface area (Å²) >= 11 is 5.49. The van der Waals surface area contributed by atoms with Crippen molar-refractivity contribution in [3.63, 3.8) is 0 Å². The minimum Gasteiger partial charge on any atom is -0.469 e. The van der Waals surface area contributed by atoms with Crippen molar-refractivity contribution in [3.05, 3.63) is 23.1 Å². The molecule has 1 heterocycles. The Morgan fingerprint density at radius 1 is 1.53 bits per heavy atom. The molecule has 1 aromatic heterocycles. The molecule has 5 nitrogen and oxygen atoms in total. The summed E-state index contributed by atoms with van der Waals surface area (Å²) in [5, 5.41) is 2.63. The first kappa shape index (κ1) is 11.6. The fourth-order valence-electron chi connectivity index (χ4n) is 0.904. The van der Waals surface area contributed by atoms with Gasteiger partial charge in [-0.3, -0.25) is 9.59 Å². The zero-order chi connectivity index (χ0) is 11.3. The van der Waals surface area contributed by atoms with E-state index in [-0.39, 0.29) is 29.9 Å². The highest BCUT2D eigenvalue weighted by molar-refractivity contribution is 6.29. The maximum atomic E-state index is 11.3. The molecule has 0 spiro atoms. The van der Waals surface area contributed by atoms with E-state index < -0.39 is 5.91 Å². The summed E-state index contributed by atoms with van der Waals surface area (Å²) in [5.74, 6) is -0.677. The molecule has 0 aromatic carbocycles.